The number of aliphatic hydroxyl groups is 1. The monoisotopic (exact) mass is 634 g/mol. The number of nitrogen functional groups attached to an aromatic ring is 1. The summed E-state index contributed by atoms with van der Waals surface area (Å²) in [5.41, 5.74) is 4.80. The van der Waals surface area contributed by atoms with Crippen molar-refractivity contribution in [3.63, 3.8) is 0 Å². The van der Waals surface area contributed by atoms with Crippen LogP contribution in [0.15, 0.2) is 11.0 Å². The topological polar surface area (TPSA) is 306 Å². The van der Waals surface area contributed by atoms with Crippen molar-refractivity contribution in [1.82, 2.24) is 14.9 Å². The van der Waals surface area contributed by atoms with E-state index in [1.807, 2.05) is 0 Å². The fourth-order valence-corrected chi connectivity index (χ4v) is 5.98. The Labute approximate surface area is 224 Å². The lowest BCUT2D eigenvalue weighted by Gasteiger charge is -2.19. The summed E-state index contributed by atoms with van der Waals surface area (Å²) in [6, 6.07) is 0. The van der Waals surface area contributed by atoms with Crippen molar-refractivity contribution in [1.29, 1.82) is 0 Å². The first kappa shape index (κ1) is 33.7. The highest BCUT2D eigenvalue weighted by molar-refractivity contribution is 7.66. The van der Waals surface area contributed by atoms with Gasteiger partial charge in [0.1, 0.15) is 18.1 Å². The number of hydrogen-bond acceptors (Lipinski definition) is 14. The number of phosphoric acid groups is 3. The van der Waals surface area contributed by atoms with Gasteiger partial charge in [0, 0.05) is 26.1 Å². The Hall–Kier alpha value is -2.49. The van der Waals surface area contributed by atoms with Gasteiger partial charge < -0.3 is 45.2 Å². The second-order valence-corrected chi connectivity index (χ2v) is 12.2. The number of hydrogen-bond donors (Lipinski definition) is 7. The number of amides is 1. The van der Waals surface area contributed by atoms with E-state index < -0.39 is 60.2 Å². The van der Waals surface area contributed by atoms with Gasteiger partial charge in [-0.1, -0.05) is 11.8 Å². The van der Waals surface area contributed by atoms with Crippen molar-refractivity contribution in [2.75, 3.05) is 25.5 Å². The van der Waals surface area contributed by atoms with Crippen molar-refractivity contribution < 1.29 is 70.6 Å². The summed E-state index contributed by atoms with van der Waals surface area (Å²) in [7, 11) is -16.8. The van der Waals surface area contributed by atoms with Crippen molar-refractivity contribution in [2.45, 2.75) is 38.2 Å². The maximum Gasteiger partial charge on any atom is 0.490 e. The minimum atomic E-state index is -5.74. The van der Waals surface area contributed by atoms with Crippen LogP contribution in [0, 0.1) is 11.8 Å². The molecule has 0 aromatic carbocycles. The van der Waals surface area contributed by atoms with E-state index in [9.17, 15) is 43.0 Å². The van der Waals surface area contributed by atoms with Crippen LogP contribution in [-0.4, -0.2) is 78.1 Å². The first-order valence-corrected chi connectivity index (χ1v) is 15.3. The van der Waals surface area contributed by atoms with Crippen LogP contribution in [0.4, 0.5) is 5.82 Å². The molecular formula is C17H25N4O16P3. The van der Waals surface area contributed by atoms with E-state index in [0.29, 0.717) is 0 Å². The highest BCUT2D eigenvalue weighted by Crippen LogP contribution is 2.66. The average Bonchev–Trinajstić information content (AvgIpc) is 3.14. The molecule has 1 aromatic heterocycles. The van der Waals surface area contributed by atoms with Gasteiger partial charge in [0.2, 0.25) is 5.91 Å². The van der Waals surface area contributed by atoms with Crippen molar-refractivity contribution >= 4 is 41.2 Å². The molecular weight excluding hydrogens is 609 g/mol. The standard InChI is InChI=1S/C17H25N4O16P3/c1-10(22)19-5-4-15(24)33-6-2-3-11-8-21(17(25)20-16(11)18)14-7-12(23)13(35-14)9-34-39(29,30)37-40(31,32)36-38(26,27)28/h8,12-14,23H,4-7,9H2,1H3,(H,19,22)(H,29,30)(H,31,32)(H2,18,20,25)(H2,26,27,28). The second kappa shape index (κ2) is 13.9. The van der Waals surface area contributed by atoms with E-state index in [2.05, 4.69) is 35.3 Å². The summed E-state index contributed by atoms with van der Waals surface area (Å²) in [6.45, 7) is 0.0765. The molecule has 1 saturated heterocycles. The zero-order valence-corrected chi connectivity index (χ0v) is 23.1. The molecule has 2 heterocycles. The number of aromatic nitrogens is 2. The summed E-state index contributed by atoms with van der Waals surface area (Å²) < 4.78 is 56.8. The van der Waals surface area contributed by atoms with Crippen LogP contribution in [0.1, 0.15) is 31.6 Å². The van der Waals surface area contributed by atoms with Crippen LogP contribution in [0.5, 0.6) is 0 Å². The molecule has 0 bridgehead atoms. The minimum Gasteiger partial charge on any atom is -0.452 e. The zero-order chi connectivity index (χ0) is 30.3. The van der Waals surface area contributed by atoms with Gasteiger partial charge in [-0.15, -0.1) is 0 Å². The Morgan fingerprint density at radius 3 is 2.52 bits per heavy atom. The highest BCUT2D eigenvalue weighted by atomic mass is 31.3. The largest absolute Gasteiger partial charge is 0.490 e. The number of carbonyl (C=O) groups is 2. The second-order valence-electron chi connectivity index (χ2n) is 7.74. The van der Waals surface area contributed by atoms with Gasteiger partial charge in [0.05, 0.1) is 24.7 Å². The molecule has 0 saturated carbocycles. The van der Waals surface area contributed by atoms with Crippen LogP contribution in [-0.2, 0) is 45.9 Å². The van der Waals surface area contributed by atoms with E-state index in [0.717, 1.165) is 10.8 Å². The maximum absolute atomic E-state index is 12.3. The Bertz CT molecular complexity index is 1370. The van der Waals surface area contributed by atoms with E-state index >= 15 is 0 Å². The third-order valence-corrected chi connectivity index (χ3v) is 8.35. The number of nitrogens with zero attached hydrogens (tertiary/aromatic N) is 2. The van der Waals surface area contributed by atoms with Gasteiger partial charge >= 0.3 is 35.1 Å². The molecule has 40 heavy (non-hydrogen) atoms. The third kappa shape index (κ3) is 11.6. The summed E-state index contributed by atoms with van der Waals surface area (Å²) >= 11 is 0. The van der Waals surface area contributed by atoms with Crippen LogP contribution in [0.3, 0.4) is 0 Å². The zero-order valence-electron chi connectivity index (χ0n) is 20.4. The highest BCUT2D eigenvalue weighted by Gasteiger charge is 2.43. The molecule has 1 amide bonds. The van der Waals surface area contributed by atoms with Crippen LogP contribution in [0.25, 0.3) is 0 Å². The van der Waals surface area contributed by atoms with E-state index in [1.165, 1.54) is 6.92 Å². The van der Waals surface area contributed by atoms with Crippen molar-refractivity contribution in [2.24, 2.45) is 0 Å². The minimum absolute atomic E-state index is 0.0173. The third-order valence-electron chi connectivity index (χ3n) is 4.54. The van der Waals surface area contributed by atoms with Crippen molar-refractivity contribution in [3.05, 3.63) is 22.2 Å². The van der Waals surface area contributed by atoms with Gasteiger partial charge in [0.15, 0.2) is 6.61 Å². The number of ether oxygens (including phenoxy) is 2. The fourth-order valence-electron chi connectivity index (χ4n) is 2.95. The molecule has 0 aliphatic carbocycles. The maximum atomic E-state index is 12.3. The van der Waals surface area contributed by atoms with E-state index in [4.69, 9.17) is 25.0 Å². The fraction of sp³-hybridized carbons (Fsp3) is 0.529. The summed E-state index contributed by atoms with van der Waals surface area (Å²) in [5, 5.41) is 12.6. The quantitative estimate of drug-likeness (QED) is 0.0760. The van der Waals surface area contributed by atoms with Crippen LogP contribution in [0.2, 0.25) is 0 Å². The molecule has 8 N–H and O–H groups in total. The van der Waals surface area contributed by atoms with Gasteiger partial charge in [-0.05, 0) is 0 Å². The molecule has 2 rings (SSSR count). The summed E-state index contributed by atoms with van der Waals surface area (Å²) in [4.78, 5) is 74.1. The normalized spacial score (nSPS) is 21.9. The number of phosphoric ester groups is 1. The first-order valence-electron chi connectivity index (χ1n) is 10.8. The SMILES string of the molecule is CC(=O)NCCC(=O)OCC#Cc1cn(C2CC(O)C(COP(=O)(O)OP(=O)(O)OP(=O)(O)O)O2)c(=O)nc1N. The molecule has 5 unspecified atom stereocenters. The molecule has 1 aliphatic rings. The molecule has 0 spiro atoms. The Morgan fingerprint density at radius 2 is 1.90 bits per heavy atom. The lowest BCUT2D eigenvalue weighted by atomic mass is 10.2. The molecule has 23 heteroatoms. The number of nitrogens with two attached hydrogens (primary N) is 1. The van der Waals surface area contributed by atoms with Gasteiger partial charge in [-0.2, -0.15) is 13.6 Å². The smallest absolute Gasteiger partial charge is 0.452 e. The number of nitrogens with one attached hydrogen (secondary N) is 1. The average molecular weight is 634 g/mol. The molecule has 1 fully saturated rings. The van der Waals surface area contributed by atoms with Crippen LogP contribution < -0.4 is 16.7 Å². The van der Waals surface area contributed by atoms with Gasteiger partial charge in [-0.3, -0.25) is 18.7 Å². The van der Waals surface area contributed by atoms with E-state index in [-0.39, 0.29) is 43.3 Å². The molecule has 1 aliphatic heterocycles. The predicted molar refractivity (Wildman–Crippen MR) is 128 cm³/mol. The van der Waals surface area contributed by atoms with Crippen molar-refractivity contribution in [3.8, 4) is 11.8 Å². The molecule has 0 radical (unpaired) electrons. The molecule has 20 nitrogen and oxygen atoms in total. The lowest BCUT2D eigenvalue weighted by molar-refractivity contribution is -0.142. The summed E-state index contributed by atoms with van der Waals surface area (Å²) in [5.74, 6) is 3.83. The molecule has 5 atom stereocenters. The molecule has 1 aromatic rings. The number of rotatable bonds is 12. The van der Waals surface area contributed by atoms with Gasteiger partial charge in [-0.25, -0.2) is 18.5 Å². The lowest BCUT2D eigenvalue weighted by Crippen LogP contribution is -2.29. The predicted octanol–water partition coefficient (Wildman–Crippen LogP) is -1.76. The number of anilines is 1. The first-order chi connectivity index (χ1) is 18.4. The Kier molecular flexibility index (Phi) is 11.7. The number of aliphatic hydroxyl groups excluding tert-OH is 1. The van der Waals surface area contributed by atoms with Gasteiger partial charge in [0.25, 0.3) is 0 Å². The van der Waals surface area contributed by atoms with Crippen LogP contribution >= 0.6 is 23.5 Å². The summed E-state index contributed by atoms with van der Waals surface area (Å²) in [6.07, 6.45) is -3.23. The number of carbonyl (C=O) groups excluding carboxylic acids is 2. The van der Waals surface area contributed by atoms with E-state index in [1.54, 1.807) is 0 Å². The molecule has 224 valence electrons. The Balaban J connectivity index is 2.01. The Morgan fingerprint density at radius 1 is 1.23 bits per heavy atom. The number of esters is 1.